The number of carbonyl (C=O) groups is 1. The second kappa shape index (κ2) is 7.85. The highest BCUT2D eigenvalue weighted by Gasteiger charge is 2.23. The first-order valence-electron chi connectivity index (χ1n) is 9.74. The van der Waals surface area contributed by atoms with E-state index >= 15 is 0 Å². The summed E-state index contributed by atoms with van der Waals surface area (Å²) < 4.78 is 11.1. The highest BCUT2D eigenvalue weighted by Crippen LogP contribution is 2.28. The van der Waals surface area contributed by atoms with E-state index in [4.69, 9.17) is 8.94 Å². The predicted molar refractivity (Wildman–Crippen MR) is 112 cm³/mol. The lowest BCUT2D eigenvalue weighted by Crippen LogP contribution is -2.34. The molecule has 5 rings (SSSR count). The molecule has 0 aliphatic carbocycles. The van der Waals surface area contributed by atoms with Gasteiger partial charge < -0.3 is 13.8 Å². The Morgan fingerprint density at radius 1 is 1.07 bits per heavy atom. The topological polar surface area (TPSA) is 62.7 Å². The largest absolute Gasteiger partial charge is 0.460 e. The van der Waals surface area contributed by atoms with Gasteiger partial charge in [-0.1, -0.05) is 11.2 Å². The maximum Gasteiger partial charge on any atom is 0.292 e. The molecule has 4 heterocycles. The van der Waals surface area contributed by atoms with Gasteiger partial charge in [0.25, 0.3) is 5.91 Å². The summed E-state index contributed by atoms with van der Waals surface area (Å²) in [7, 11) is 0. The first-order chi connectivity index (χ1) is 14.3. The van der Waals surface area contributed by atoms with Crippen molar-refractivity contribution in [3.05, 3.63) is 64.9 Å². The standard InChI is InChI=1S/C22H21N3O3S/c26-22(21-4-6-23-28-21)25-8-1-7-24(9-10-25)14-19-13-18-12-16(2-3-20(18)27-19)17-5-11-29-15-17/h2-6,11-13,15H,1,7-10,14H2. The van der Waals surface area contributed by atoms with Gasteiger partial charge in [0.05, 0.1) is 12.7 Å². The van der Waals surface area contributed by atoms with Gasteiger partial charge in [0.15, 0.2) is 0 Å². The molecule has 0 spiro atoms. The van der Waals surface area contributed by atoms with E-state index in [9.17, 15) is 4.79 Å². The second-order valence-corrected chi connectivity index (χ2v) is 8.06. The van der Waals surface area contributed by atoms with Gasteiger partial charge in [-0.15, -0.1) is 0 Å². The van der Waals surface area contributed by atoms with Crippen LogP contribution in [0.25, 0.3) is 22.1 Å². The number of amides is 1. The van der Waals surface area contributed by atoms with Gasteiger partial charge in [0.1, 0.15) is 11.3 Å². The normalized spacial score (nSPS) is 15.7. The lowest BCUT2D eigenvalue weighted by molar-refractivity contribution is 0.0719. The van der Waals surface area contributed by atoms with E-state index in [0.717, 1.165) is 49.3 Å². The van der Waals surface area contributed by atoms with Crippen molar-refractivity contribution in [3.63, 3.8) is 0 Å². The van der Waals surface area contributed by atoms with Crippen molar-refractivity contribution >= 4 is 28.2 Å². The molecule has 1 aliphatic heterocycles. The Kier molecular flexibility index (Phi) is 4.91. The Morgan fingerprint density at radius 2 is 2.03 bits per heavy atom. The Hall–Kier alpha value is -2.90. The van der Waals surface area contributed by atoms with Crippen LogP contribution < -0.4 is 0 Å². The smallest absolute Gasteiger partial charge is 0.292 e. The Labute approximate surface area is 172 Å². The fourth-order valence-electron chi connectivity index (χ4n) is 3.82. The van der Waals surface area contributed by atoms with E-state index < -0.39 is 0 Å². The van der Waals surface area contributed by atoms with Crippen LogP contribution in [0.1, 0.15) is 22.7 Å². The third-order valence-electron chi connectivity index (χ3n) is 5.33. The molecule has 0 atom stereocenters. The van der Waals surface area contributed by atoms with Crippen LogP contribution in [-0.2, 0) is 6.54 Å². The Balaban J connectivity index is 1.26. The minimum absolute atomic E-state index is 0.0888. The van der Waals surface area contributed by atoms with E-state index in [1.807, 2.05) is 11.0 Å². The quantitative estimate of drug-likeness (QED) is 0.499. The Bertz CT molecular complexity index is 1100. The van der Waals surface area contributed by atoms with E-state index in [0.29, 0.717) is 12.3 Å². The van der Waals surface area contributed by atoms with Gasteiger partial charge >= 0.3 is 0 Å². The predicted octanol–water partition coefficient (Wildman–Crippen LogP) is 4.50. The van der Waals surface area contributed by atoms with Crippen LogP contribution in [0.2, 0.25) is 0 Å². The maximum atomic E-state index is 12.5. The lowest BCUT2D eigenvalue weighted by atomic mass is 10.1. The third kappa shape index (κ3) is 3.83. The molecule has 29 heavy (non-hydrogen) atoms. The molecule has 6 nitrogen and oxygen atoms in total. The van der Waals surface area contributed by atoms with E-state index in [2.05, 4.69) is 45.1 Å². The molecule has 148 valence electrons. The second-order valence-electron chi connectivity index (χ2n) is 7.28. The van der Waals surface area contributed by atoms with Gasteiger partial charge in [-0.3, -0.25) is 9.69 Å². The molecule has 7 heteroatoms. The molecular weight excluding hydrogens is 386 g/mol. The van der Waals surface area contributed by atoms with Crippen molar-refractivity contribution in [2.45, 2.75) is 13.0 Å². The molecule has 3 aromatic heterocycles. The molecule has 4 aromatic rings. The summed E-state index contributed by atoms with van der Waals surface area (Å²) in [6.45, 7) is 3.86. The summed E-state index contributed by atoms with van der Waals surface area (Å²) in [4.78, 5) is 16.7. The number of benzene rings is 1. The molecule has 1 aromatic carbocycles. The summed E-state index contributed by atoms with van der Waals surface area (Å²) in [5, 5.41) is 9.01. The third-order valence-corrected chi connectivity index (χ3v) is 6.01. The number of rotatable bonds is 4. The summed E-state index contributed by atoms with van der Waals surface area (Å²) in [6, 6.07) is 12.2. The van der Waals surface area contributed by atoms with Crippen molar-refractivity contribution in [1.82, 2.24) is 15.0 Å². The van der Waals surface area contributed by atoms with Crippen molar-refractivity contribution < 1.29 is 13.7 Å². The fourth-order valence-corrected chi connectivity index (χ4v) is 4.48. The maximum absolute atomic E-state index is 12.5. The number of nitrogens with zero attached hydrogens (tertiary/aromatic N) is 3. The number of aromatic nitrogens is 1. The summed E-state index contributed by atoms with van der Waals surface area (Å²) >= 11 is 1.70. The van der Waals surface area contributed by atoms with Crippen molar-refractivity contribution in [2.24, 2.45) is 0 Å². The molecule has 0 unspecified atom stereocenters. The van der Waals surface area contributed by atoms with Crippen LogP contribution in [0.3, 0.4) is 0 Å². The first kappa shape index (κ1) is 18.1. The number of hydrogen-bond donors (Lipinski definition) is 0. The van der Waals surface area contributed by atoms with Gasteiger partial charge in [-0.05, 0) is 52.6 Å². The molecule has 0 bridgehead atoms. The minimum atomic E-state index is -0.0888. The van der Waals surface area contributed by atoms with Crippen molar-refractivity contribution in [2.75, 3.05) is 26.2 Å². The van der Waals surface area contributed by atoms with Crippen LogP contribution >= 0.6 is 11.3 Å². The number of fused-ring (bicyclic) bond motifs is 1. The zero-order valence-electron chi connectivity index (χ0n) is 15.9. The highest BCUT2D eigenvalue weighted by molar-refractivity contribution is 7.08. The summed E-state index contributed by atoms with van der Waals surface area (Å²) in [6.07, 6.45) is 2.42. The van der Waals surface area contributed by atoms with Crippen LogP contribution in [0.15, 0.2) is 62.3 Å². The van der Waals surface area contributed by atoms with Gasteiger partial charge in [-0.25, -0.2) is 0 Å². The molecule has 1 aliphatic rings. The van der Waals surface area contributed by atoms with E-state index in [-0.39, 0.29) is 5.91 Å². The van der Waals surface area contributed by atoms with E-state index in [1.54, 1.807) is 17.4 Å². The molecule has 1 saturated heterocycles. The Morgan fingerprint density at radius 3 is 2.86 bits per heavy atom. The molecule has 0 radical (unpaired) electrons. The minimum Gasteiger partial charge on any atom is -0.460 e. The SMILES string of the molecule is O=C(c1ccno1)N1CCCN(Cc2cc3cc(-c4ccsc4)ccc3o2)CC1. The zero-order valence-corrected chi connectivity index (χ0v) is 16.7. The summed E-state index contributed by atoms with van der Waals surface area (Å²) in [5.41, 5.74) is 3.36. The van der Waals surface area contributed by atoms with Crippen LogP contribution in [0, 0.1) is 0 Å². The van der Waals surface area contributed by atoms with Crippen molar-refractivity contribution in [3.8, 4) is 11.1 Å². The average molecular weight is 407 g/mol. The molecular formula is C22H21N3O3S. The molecule has 1 fully saturated rings. The molecule has 1 amide bonds. The first-order valence-corrected chi connectivity index (χ1v) is 10.7. The van der Waals surface area contributed by atoms with Gasteiger partial charge in [-0.2, -0.15) is 11.3 Å². The van der Waals surface area contributed by atoms with E-state index in [1.165, 1.54) is 17.3 Å². The average Bonchev–Trinajstić information content (AvgIpc) is 3.47. The van der Waals surface area contributed by atoms with Gasteiger partial charge in [0.2, 0.25) is 5.76 Å². The number of thiophene rings is 1. The fraction of sp³-hybridized carbons (Fsp3) is 0.273. The monoisotopic (exact) mass is 407 g/mol. The summed E-state index contributed by atoms with van der Waals surface area (Å²) in [5.74, 6) is 1.17. The molecule has 0 N–H and O–H groups in total. The molecule has 0 saturated carbocycles. The number of hydrogen-bond acceptors (Lipinski definition) is 6. The van der Waals surface area contributed by atoms with Crippen LogP contribution in [0.4, 0.5) is 0 Å². The van der Waals surface area contributed by atoms with Crippen LogP contribution in [-0.4, -0.2) is 47.0 Å². The zero-order chi connectivity index (χ0) is 19.6. The number of furan rings is 1. The number of carbonyl (C=O) groups excluding carboxylic acids is 1. The van der Waals surface area contributed by atoms with Crippen LogP contribution in [0.5, 0.6) is 0 Å². The van der Waals surface area contributed by atoms with Crippen molar-refractivity contribution in [1.29, 1.82) is 0 Å². The highest BCUT2D eigenvalue weighted by atomic mass is 32.1. The van der Waals surface area contributed by atoms with Gasteiger partial charge in [0, 0.05) is 37.6 Å². The lowest BCUT2D eigenvalue weighted by Gasteiger charge is -2.20.